The normalized spacial score (nSPS) is 29.8. The maximum absolute atomic E-state index is 8.14. The molecule has 1 rings (SSSR count). The summed E-state index contributed by atoms with van der Waals surface area (Å²) < 4.78 is 0. The minimum absolute atomic E-state index is 0.345. The molecule has 0 spiro atoms. The molecule has 2 nitrogen and oxygen atoms in total. The number of hydrogen-bond donors (Lipinski definition) is 2. The third-order valence-corrected chi connectivity index (χ3v) is 3.72. The van der Waals surface area contributed by atoms with Gasteiger partial charge in [-0.25, -0.2) is 0 Å². The fourth-order valence-electron chi connectivity index (χ4n) is 2.63. The predicted molar refractivity (Wildman–Crippen MR) is 70.6 cm³/mol. The largest absolute Gasteiger partial charge is 0.405 e. The molecule has 1 saturated carbocycles. The van der Waals surface area contributed by atoms with E-state index in [2.05, 4.69) is 13.8 Å². The molecular formula is C14H26N2. The van der Waals surface area contributed by atoms with Gasteiger partial charge in [0.05, 0.1) is 0 Å². The lowest BCUT2D eigenvalue weighted by atomic mass is 9.80. The van der Waals surface area contributed by atoms with E-state index in [0.29, 0.717) is 5.92 Å². The van der Waals surface area contributed by atoms with Gasteiger partial charge in [-0.05, 0) is 43.4 Å². The lowest BCUT2D eigenvalue weighted by Gasteiger charge is -2.26. The SMILES string of the molecule is CCCC(=N)C1CCCC(C)CC/C1=C/N. The molecule has 2 atom stereocenters. The molecule has 1 aliphatic carbocycles. The number of hydrogen-bond acceptors (Lipinski definition) is 2. The van der Waals surface area contributed by atoms with Gasteiger partial charge in [-0.3, -0.25) is 0 Å². The Kier molecular flexibility index (Phi) is 5.58. The van der Waals surface area contributed by atoms with E-state index in [1.165, 1.54) is 24.8 Å². The summed E-state index contributed by atoms with van der Waals surface area (Å²) >= 11 is 0. The van der Waals surface area contributed by atoms with Crippen LogP contribution in [-0.2, 0) is 0 Å². The van der Waals surface area contributed by atoms with Crippen LogP contribution in [0.15, 0.2) is 11.8 Å². The first kappa shape index (κ1) is 13.3. The van der Waals surface area contributed by atoms with Crippen molar-refractivity contribution in [2.24, 2.45) is 17.6 Å². The van der Waals surface area contributed by atoms with Crippen molar-refractivity contribution in [2.45, 2.75) is 58.8 Å². The van der Waals surface area contributed by atoms with Crippen LogP contribution in [0.5, 0.6) is 0 Å². The quantitative estimate of drug-likeness (QED) is 0.700. The average Bonchev–Trinajstić information content (AvgIpc) is 2.24. The van der Waals surface area contributed by atoms with Crippen molar-refractivity contribution < 1.29 is 0 Å². The number of allylic oxidation sites excluding steroid dienone is 1. The van der Waals surface area contributed by atoms with Gasteiger partial charge in [0.15, 0.2) is 0 Å². The molecule has 0 saturated heterocycles. The standard InChI is InChI=1S/C14H26N2/c1-3-5-14(16)13-7-4-6-11(2)8-9-12(13)10-15/h10-11,13,16H,3-9,15H2,1-2H3/b12-10-,16-14?. The molecule has 16 heavy (non-hydrogen) atoms. The van der Waals surface area contributed by atoms with E-state index in [4.69, 9.17) is 11.1 Å². The fourth-order valence-corrected chi connectivity index (χ4v) is 2.63. The molecule has 0 amide bonds. The van der Waals surface area contributed by atoms with Gasteiger partial charge in [0.1, 0.15) is 0 Å². The minimum atomic E-state index is 0.345. The maximum atomic E-state index is 8.14. The Morgan fingerprint density at radius 1 is 1.44 bits per heavy atom. The monoisotopic (exact) mass is 222 g/mol. The number of nitrogens with two attached hydrogens (primary N) is 1. The Morgan fingerprint density at radius 3 is 2.81 bits per heavy atom. The van der Waals surface area contributed by atoms with Crippen LogP contribution < -0.4 is 5.73 Å². The van der Waals surface area contributed by atoms with Gasteiger partial charge in [-0.15, -0.1) is 0 Å². The zero-order valence-electron chi connectivity index (χ0n) is 10.8. The average molecular weight is 222 g/mol. The van der Waals surface area contributed by atoms with Gasteiger partial charge >= 0.3 is 0 Å². The lowest BCUT2D eigenvalue weighted by Crippen LogP contribution is -2.20. The molecular weight excluding hydrogens is 196 g/mol. The highest BCUT2D eigenvalue weighted by Crippen LogP contribution is 2.31. The molecule has 0 aromatic rings. The fraction of sp³-hybridized carbons (Fsp3) is 0.786. The van der Waals surface area contributed by atoms with Gasteiger partial charge in [0.2, 0.25) is 0 Å². The Balaban J connectivity index is 2.68. The van der Waals surface area contributed by atoms with Crippen molar-refractivity contribution in [1.29, 1.82) is 5.41 Å². The zero-order valence-corrected chi connectivity index (χ0v) is 10.8. The molecule has 1 fully saturated rings. The van der Waals surface area contributed by atoms with Crippen LogP contribution in [0.3, 0.4) is 0 Å². The molecule has 0 heterocycles. The summed E-state index contributed by atoms with van der Waals surface area (Å²) in [6, 6.07) is 0. The van der Waals surface area contributed by atoms with Crippen LogP contribution in [0.1, 0.15) is 58.8 Å². The van der Waals surface area contributed by atoms with Crippen LogP contribution in [-0.4, -0.2) is 5.71 Å². The van der Waals surface area contributed by atoms with Gasteiger partial charge in [-0.2, -0.15) is 0 Å². The molecule has 0 radical (unpaired) electrons. The Labute approximate surface area is 99.8 Å². The third-order valence-electron chi connectivity index (χ3n) is 3.72. The van der Waals surface area contributed by atoms with Crippen LogP contribution >= 0.6 is 0 Å². The van der Waals surface area contributed by atoms with Crippen molar-refractivity contribution in [3.63, 3.8) is 0 Å². The van der Waals surface area contributed by atoms with Crippen molar-refractivity contribution in [1.82, 2.24) is 0 Å². The highest BCUT2D eigenvalue weighted by atomic mass is 14.5. The van der Waals surface area contributed by atoms with Crippen molar-refractivity contribution >= 4 is 5.71 Å². The number of nitrogens with one attached hydrogen (secondary N) is 1. The van der Waals surface area contributed by atoms with Crippen molar-refractivity contribution in [3.8, 4) is 0 Å². The Hall–Kier alpha value is -0.790. The van der Waals surface area contributed by atoms with Crippen LogP contribution in [0.2, 0.25) is 0 Å². The second-order valence-corrected chi connectivity index (χ2v) is 5.14. The van der Waals surface area contributed by atoms with E-state index in [-0.39, 0.29) is 0 Å². The minimum Gasteiger partial charge on any atom is -0.405 e. The van der Waals surface area contributed by atoms with Gasteiger partial charge in [-0.1, -0.05) is 33.1 Å². The first-order chi connectivity index (χ1) is 7.69. The summed E-state index contributed by atoms with van der Waals surface area (Å²) in [5.41, 5.74) is 7.94. The van der Waals surface area contributed by atoms with E-state index < -0.39 is 0 Å². The predicted octanol–water partition coefficient (Wildman–Crippen LogP) is 3.87. The number of rotatable bonds is 3. The molecule has 2 unspecified atom stereocenters. The van der Waals surface area contributed by atoms with Gasteiger partial charge in [0.25, 0.3) is 0 Å². The van der Waals surface area contributed by atoms with Crippen LogP contribution in [0.25, 0.3) is 0 Å². The maximum Gasteiger partial charge on any atom is 0.0192 e. The lowest BCUT2D eigenvalue weighted by molar-refractivity contribution is 0.420. The molecule has 0 aromatic carbocycles. The van der Waals surface area contributed by atoms with E-state index in [1.54, 1.807) is 6.20 Å². The summed E-state index contributed by atoms with van der Waals surface area (Å²) in [6.45, 7) is 4.47. The van der Waals surface area contributed by atoms with Crippen molar-refractivity contribution in [2.75, 3.05) is 0 Å². The van der Waals surface area contributed by atoms with E-state index in [9.17, 15) is 0 Å². The zero-order chi connectivity index (χ0) is 12.0. The molecule has 92 valence electrons. The van der Waals surface area contributed by atoms with Gasteiger partial charge < -0.3 is 11.1 Å². The van der Waals surface area contributed by atoms with E-state index >= 15 is 0 Å². The van der Waals surface area contributed by atoms with Gasteiger partial charge in [0, 0.05) is 11.6 Å². The molecule has 0 aromatic heterocycles. The molecule has 3 N–H and O–H groups in total. The molecule has 1 aliphatic rings. The van der Waals surface area contributed by atoms with E-state index in [1.807, 2.05) is 0 Å². The van der Waals surface area contributed by atoms with Crippen LogP contribution in [0.4, 0.5) is 0 Å². The van der Waals surface area contributed by atoms with Crippen LogP contribution in [0, 0.1) is 17.2 Å². The highest BCUT2D eigenvalue weighted by Gasteiger charge is 2.21. The first-order valence-corrected chi connectivity index (χ1v) is 6.67. The summed E-state index contributed by atoms with van der Waals surface area (Å²) in [5, 5.41) is 8.14. The molecule has 0 bridgehead atoms. The third kappa shape index (κ3) is 3.66. The second-order valence-electron chi connectivity index (χ2n) is 5.14. The summed E-state index contributed by atoms with van der Waals surface area (Å²) in [5.74, 6) is 1.16. The summed E-state index contributed by atoms with van der Waals surface area (Å²) in [6.07, 6.45) is 9.79. The smallest absolute Gasteiger partial charge is 0.0192 e. The second kappa shape index (κ2) is 6.72. The topological polar surface area (TPSA) is 49.9 Å². The highest BCUT2D eigenvalue weighted by molar-refractivity contribution is 5.86. The van der Waals surface area contributed by atoms with Crippen molar-refractivity contribution in [3.05, 3.63) is 11.8 Å². The van der Waals surface area contributed by atoms with E-state index in [0.717, 1.165) is 37.3 Å². The summed E-state index contributed by atoms with van der Waals surface area (Å²) in [4.78, 5) is 0. The summed E-state index contributed by atoms with van der Waals surface area (Å²) in [7, 11) is 0. The molecule has 2 heteroatoms. The molecule has 0 aliphatic heterocycles. The Morgan fingerprint density at radius 2 is 2.19 bits per heavy atom. The first-order valence-electron chi connectivity index (χ1n) is 6.67. The Bertz CT molecular complexity index is 255.